The second-order valence-electron chi connectivity index (χ2n) is 10.7. The molecule has 1 aromatic heterocycles. The number of para-hydroxylation sites is 1. The number of rotatable bonds is 11. The van der Waals surface area contributed by atoms with Gasteiger partial charge in [-0.3, -0.25) is 4.55 Å². The first kappa shape index (κ1) is 31.0. The number of hydrogen-bond acceptors (Lipinski definition) is 5. The van der Waals surface area contributed by atoms with Crippen molar-refractivity contribution in [2.45, 2.75) is 52.6 Å². The van der Waals surface area contributed by atoms with Gasteiger partial charge in [0.25, 0.3) is 15.9 Å². The molecular formula is C33H40N3O5S+. The maximum absolute atomic E-state index is 12.4. The van der Waals surface area contributed by atoms with Gasteiger partial charge in [-0.1, -0.05) is 62.4 Å². The molecule has 0 spiro atoms. The SMILES string of the molecule is CCOC(=O)c1ccc2c(c1)n(CCCS(=O)(=O)O)c(/C=C/C=C/C=C/C=C1/N(C)c3ccccc3C1(C)C)[n+]2CC. The van der Waals surface area contributed by atoms with E-state index < -0.39 is 16.1 Å². The standard InChI is InChI=1S/C33H39N3O5S/c1-6-35-28-21-20-25(32(37)41-7-2)24-29(28)36(22-15-23-42(38,39)40)31(35)19-12-10-8-9-11-18-30-33(3,4)26-16-13-14-17-27(26)34(30)5/h8-14,16-21,24H,6-7,15,22-23H2,1-5H3/p+1. The minimum absolute atomic E-state index is 0.0804. The minimum Gasteiger partial charge on any atom is -0.462 e. The van der Waals surface area contributed by atoms with Crippen LogP contribution in [0.1, 0.15) is 55.9 Å². The van der Waals surface area contributed by atoms with Crippen molar-refractivity contribution >= 4 is 38.9 Å². The van der Waals surface area contributed by atoms with Crippen molar-refractivity contribution < 1.29 is 27.1 Å². The topological polar surface area (TPSA) is 92.7 Å². The maximum atomic E-state index is 12.4. The van der Waals surface area contributed by atoms with E-state index in [1.165, 1.54) is 16.9 Å². The molecule has 1 N–H and O–H groups in total. The number of aromatic nitrogens is 2. The van der Waals surface area contributed by atoms with Crippen LogP contribution in [0.3, 0.4) is 0 Å². The van der Waals surface area contributed by atoms with E-state index in [4.69, 9.17) is 4.74 Å². The molecule has 3 aromatic rings. The number of fused-ring (bicyclic) bond motifs is 2. The Bertz CT molecular complexity index is 1690. The Hall–Kier alpha value is -3.95. The third kappa shape index (κ3) is 6.58. The van der Waals surface area contributed by atoms with E-state index >= 15 is 0 Å². The molecule has 2 heterocycles. The zero-order valence-electron chi connectivity index (χ0n) is 24.9. The lowest BCUT2D eigenvalue weighted by molar-refractivity contribution is -0.670. The van der Waals surface area contributed by atoms with E-state index in [1.807, 2.05) is 54.0 Å². The summed E-state index contributed by atoms with van der Waals surface area (Å²) < 4.78 is 41.3. The average Bonchev–Trinajstić information content (AvgIpc) is 3.34. The van der Waals surface area contributed by atoms with Gasteiger partial charge in [0, 0.05) is 42.4 Å². The smallest absolute Gasteiger partial charge is 0.338 e. The molecule has 0 amide bonds. The number of hydrogen-bond donors (Lipinski definition) is 1. The predicted octanol–water partition coefficient (Wildman–Crippen LogP) is 5.84. The fourth-order valence-electron chi connectivity index (χ4n) is 5.64. The monoisotopic (exact) mass is 590 g/mol. The number of nitrogens with zero attached hydrogens (tertiary/aromatic N) is 3. The van der Waals surface area contributed by atoms with Crippen LogP contribution < -0.4 is 9.47 Å². The van der Waals surface area contributed by atoms with Crippen molar-refractivity contribution in [2.75, 3.05) is 24.3 Å². The summed E-state index contributed by atoms with van der Waals surface area (Å²) in [5.74, 6) is 0.0919. The Morgan fingerprint density at radius 3 is 2.45 bits per heavy atom. The molecule has 2 aromatic carbocycles. The lowest BCUT2D eigenvalue weighted by atomic mass is 9.84. The molecule has 0 bridgehead atoms. The van der Waals surface area contributed by atoms with Crippen LogP contribution in [0, 0.1) is 0 Å². The third-order valence-electron chi connectivity index (χ3n) is 7.61. The number of allylic oxidation sites excluding steroid dienone is 7. The molecular weight excluding hydrogens is 550 g/mol. The molecule has 0 radical (unpaired) electrons. The van der Waals surface area contributed by atoms with E-state index in [0.717, 1.165) is 16.9 Å². The first-order chi connectivity index (χ1) is 20.0. The van der Waals surface area contributed by atoms with Crippen LogP contribution in [0.15, 0.2) is 84.6 Å². The van der Waals surface area contributed by atoms with E-state index in [9.17, 15) is 17.8 Å². The number of carbonyl (C=O) groups is 1. The summed E-state index contributed by atoms with van der Waals surface area (Å²) >= 11 is 0. The Balaban J connectivity index is 1.59. The molecule has 4 rings (SSSR count). The lowest BCUT2D eigenvalue weighted by Crippen LogP contribution is -2.35. The highest BCUT2D eigenvalue weighted by Gasteiger charge is 2.37. The first-order valence-electron chi connectivity index (χ1n) is 14.2. The highest BCUT2D eigenvalue weighted by Crippen LogP contribution is 2.46. The molecule has 222 valence electrons. The van der Waals surface area contributed by atoms with Gasteiger partial charge in [-0.25, -0.2) is 13.9 Å². The van der Waals surface area contributed by atoms with Gasteiger partial charge in [0.05, 0.1) is 31.0 Å². The van der Waals surface area contributed by atoms with Gasteiger partial charge in [0.1, 0.15) is 0 Å². The third-order valence-corrected chi connectivity index (χ3v) is 8.41. The number of imidazole rings is 1. The van der Waals surface area contributed by atoms with Crippen molar-refractivity contribution in [3.05, 3.63) is 102 Å². The van der Waals surface area contributed by atoms with Crippen LogP contribution in [0.25, 0.3) is 17.1 Å². The summed E-state index contributed by atoms with van der Waals surface area (Å²) in [4.78, 5) is 14.6. The summed E-state index contributed by atoms with van der Waals surface area (Å²) in [7, 11) is -1.99. The molecule has 8 nitrogen and oxygen atoms in total. The van der Waals surface area contributed by atoms with Gasteiger partial charge < -0.3 is 9.64 Å². The van der Waals surface area contributed by atoms with Crippen molar-refractivity contribution in [1.29, 1.82) is 0 Å². The van der Waals surface area contributed by atoms with Crippen LogP contribution >= 0.6 is 0 Å². The number of benzene rings is 2. The summed E-state index contributed by atoms with van der Waals surface area (Å²) in [6.07, 6.45) is 14.2. The van der Waals surface area contributed by atoms with Gasteiger partial charge >= 0.3 is 5.97 Å². The van der Waals surface area contributed by atoms with E-state index in [-0.39, 0.29) is 24.2 Å². The maximum Gasteiger partial charge on any atom is 0.338 e. The largest absolute Gasteiger partial charge is 0.462 e. The number of aryl methyl sites for hydroxylation is 2. The van der Waals surface area contributed by atoms with Gasteiger partial charge in [-0.2, -0.15) is 8.42 Å². The van der Waals surface area contributed by atoms with Crippen molar-refractivity contribution in [3.63, 3.8) is 0 Å². The van der Waals surface area contributed by atoms with Gasteiger partial charge in [0.15, 0.2) is 11.0 Å². The molecule has 0 saturated carbocycles. The van der Waals surface area contributed by atoms with Crippen LogP contribution in [0.5, 0.6) is 0 Å². The highest BCUT2D eigenvalue weighted by atomic mass is 32.2. The van der Waals surface area contributed by atoms with E-state index in [0.29, 0.717) is 18.7 Å². The Kier molecular flexibility index (Phi) is 9.53. The van der Waals surface area contributed by atoms with Crippen LogP contribution in [-0.4, -0.2) is 42.9 Å². The van der Waals surface area contributed by atoms with Crippen LogP contribution in [-0.2, 0) is 33.4 Å². The van der Waals surface area contributed by atoms with Gasteiger partial charge in [0.2, 0.25) is 0 Å². The minimum atomic E-state index is -4.09. The van der Waals surface area contributed by atoms with Crippen molar-refractivity contribution in [1.82, 2.24) is 4.57 Å². The molecule has 9 heteroatoms. The molecule has 42 heavy (non-hydrogen) atoms. The summed E-state index contributed by atoms with van der Waals surface area (Å²) in [6, 6.07) is 13.9. The summed E-state index contributed by atoms with van der Waals surface area (Å²) in [6.45, 7) is 9.55. The molecule has 0 aliphatic carbocycles. The Morgan fingerprint density at radius 2 is 1.76 bits per heavy atom. The van der Waals surface area contributed by atoms with E-state index in [1.54, 1.807) is 19.1 Å². The Labute approximate surface area is 248 Å². The van der Waals surface area contributed by atoms with Crippen molar-refractivity contribution in [3.8, 4) is 0 Å². The molecule has 0 unspecified atom stereocenters. The van der Waals surface area contributed by atoms with Gasteiger partial charge in [-0.15, -0.1) is 0 Å². The first-order valence-corrected chi connectivity index (χ1v) is 15.8. The fraction of sp³-hybridized carbons (Fsp3) is 0.333. The zero-order valence-corrected chi connectivity index (χ0v) is 25.8. The van der Waals surface area contributed by atoms with E-state index in [2.05, 4.69) is 60.7 Å². The summed E-state index contributed by atoms with van der Waals surface area (Å²) in [5.41, 5.74) is 5.82. The lowest BCUT2D eigenvalue weighted by Gasteiger charge is -2.23. The quantitative estimate of drug-likeness (QED) is 0.131. The molecule has 1 aliphatic rings. The second-order valence-corrected chi connectivity index (χ2v) is 12.3. The second kappa shape index (κ2) is 12.9. The number of likely N-dealkylation sites (N-methyl/N-ethyl adjacent to an activating group) is 1. The molecule has 0 saturated heterocycles. The molecule has 1 aliphatic heterocycles. The van der Waals surface area contributed by atoms with Crippen LogP contribution in [0.2, 0.25) is 0 Å². The number of anilines is 1. The van der Waals surface area contributed by atoms with Crippen molar-refractivity contribution in [2.24, 2.45) is 0 Å². The number of esters is 1. The van der Waals surface area contributed by atoms with Crippen LogP contribution in [0.4, 0.5) is 5.69 Å². The van der Waals surface area contributed by atoms with Gasteiger partial charge in [-0.05, 0) is 43.7 Å². The number of carbonyl (C=O) groups excluding carboxylic acids is 1. The highest BCUT2D eigenvalue weighted by molar-refractivity contribution is 7.85. The average molecular weight is 591 g/mol. The normalized spacial score (nSPS) is 16.0. The number of ether oxygens (including phenoxy) is 1. The molecule has 0 fully saturated rings. The predicted molar refractivity (Wildman–Crippen MR) is 168 cm³/mol. The molecule has 0 atom stereocenters. The Morgan fingerprint density at radius 1 is 1.05 bits per heavy atom. The summed E-state index contributed by atoms with van der Waals surface area (Å²) in [5, 5.41) is 0. The fourth-order valence-corrected chi connectivity index (χ4v) is 6.13. The zero-order chi connectivity index (χ0) is 30.5.